The quantitative estimate of drug-likeness (QED) is 0.0309. The molecule has 4 amide bonds. The van der Waals surface area contributed by atoms with Crippen LogP contribution in [0, 0.1) is 52.1 Å². The third-order valence-corrected chi connectivity index (χ3v) is 23.8. The highest BCUT2D eigenvalue weighted by atomic mass is 35.5. The number of phenols is 6. The number of ether oxygens (including phenoxy) is 2. The molecular weight excluding hydrogens is 1890 g/mol. The standard InChI is InChI=1S/2C28H29F3N2O3.C20H16FNO3.C20H16FNO2.C20H18FNO.ClH/c2*1-20-5-14-25(26(19-20)28(29,30)31)27(35)33(21-6-10-23(34)11-7-21)22-8-12-24(13-9-22)36-18-17-32-15-3-2-4-16-32;1-13-2-3-14(12-19(13)21)20(25)22(15-4-8-17(23)9-5-15)16-6-10-18(24)11-7-16;1-14-7-8-15(13-19(14)21)20(24)22(16-5-3-2-4-6-16)17-9-11-18(23)12-10-17;1-15-2-4-16(5-3-15)14-22(18-8-6-17(21)7-9-18)19-10-12-20(23)13-11-19;/h2*5-14,19,34H,2-4,15-18H2,1H3;2-12,23-24H,1H3;2-13,23H,1H3;2-13,23H,14H2,1H3;1H. The number of likely N-dealkylation sites (tertiary alicyclic amines) is 2. The van der Waals surface area contributed by atoms with Crippen molar-refractivity contribution >= 4 is 92.9 Å². The third kappa shape index (κ3) is 30.0. The molecule has 0 aliphatic carbocycles. The van der Waals surface area contributed by atoms with Gasteiger partial charge in [-0.05, 0) is 382 Å². The van der Waals surface area contributed by atoms with E-state index < -0.39 is 64.0 Å². The Morgan fingerprint density at radius 3 is 0.883 bits per heavy atom. The van der Waals surface area contributed by atoms with E-state index in [-0.39, 0.29) is 69.8 Å². The molecular formula is C116H109ClF9N7O12. The van der Waals surface area contributed by atoms with Crippen molar-refractivity contribution in [3.05, 3.63) is 430 Å². The first-order valence-electron chi connectivity index (χ1n) is 46.6. The number of amides is 4. The van der Waals surface area contributed by atoms with Crippen LogP contribution in [0.1, 0.15) is 124 Å². The minimum absolute atomic E-state index is 0. The van der Waals surface area contributed by atoms with Crippen LogP contribution in [0.4, 0.5) is 96.4 Å². The Morgan fingerprint density at radius 1 is 0.303 bits per heavy atom. The summed E-state index contributed by atoms with van der Waals surface area (Å²) in [5.41, 5.74) is 7.20. The van der Waals surface area contributed by atoms with Crippen molar-refractivity contribution in [2.45, 2.75) is 92.0 Å². The van der Waals surface area contributed by atoms with Crippen LogP contribution in [-0.4, -0.2) is 117 Å². The predicted molar refractivity (Wildman–Crippen MR) is 551 cm³/mol. The average molecular weight is 2000 g/mol. The number of rotatable bonds is 24. The van der Waals surface area contributed by atoms with Gasteiger partial charge in [0.1, 0.15) is 76.7 Å². The zero-order chi connectivity index (χ0) is 103. The second-order valence-corrected chi connectivity index (χ2v) is 34.6. The molecule has 2 heterocycles. The molecule has 0 atom stereocenters. The molecule has 0 saturated carbocycles. The Morgan fingerprint density at radius 2 is 0.579 bits per heavy atom. The molecule has 0 bridgehead atoms. The molecule has 2 fully saturated rings. The number of aryl methyl sites for hydroxylation is 5. The molecule has 0 spiro atoms. The molecule has 2 saturated heterocycles. The normalized spacial score (nSPS) is 12.4. The number of benzene rings is 15. The number of halogens is 10. The lowest BCUT2D eigenvalue weighted by atomic mass is 10.0. The molecule has 15 aromatic carbocycles. The fourth-order valence-corrected chi connectivity index (χ4v) is 16.0. The van der Waals surface area contributed by atoms with Gasteiger partial charge in [0.15, 0.2) is 0 Å². The maximum Gasteiger partial charge on any atom is 0.417 e. The molecule has 145 heavy (non-hydrogen) atoms. The number of alkyl halides is 6. The van der Waals surface area contributed by atoms with Crippen molar-refractivity contribution in [2.24, 2.45) is 0 Å². The summed E-state index contributed by atoms with van der Waals surface area (Å²) < 4.78 is 135. The van der Waals surface area contributed by atoms with Crippen LogP contribution in [0.25, 0.3) is 0 Å². The first kappa shape index (κ1) is 108. The number of phenolic OH excluding ortho intramolecular Hbond substituents is 6. The first-order valence-corrected chi connectivity index (χ1v) is 46.6. The maximum atomic E-state index is 13.9. The van der Waals surface area contributed by atoms with Gasteiger partial charge in [0.25, 0.3) is 23.6 Å². The Kier molecular flexibility index (Phi) is 37.6. The average Bonchev–Trinajstić information content (AvgIpc) is 0.775. The summed E-state index contributed by atoms with van der Waals surface area (Å²) in [6, 6.07) is 90.3. The van der Waals surface area contributed by atoms with Gasteiger partial charge in [-0.3, -0.25) is 48.6 Å². The molecule has 0 aromatic heterocycles. The lowest BCUT2D eigenvalue weighted by Crippen LogP contribution is -2.33. The number of nitrogens with zero attached hydrogens (tertiary/aromatic N) is 7. The molecule has 29 heteroatoms. The number of aromatic hydroxyl groups is 6. The van der Waals surface area contributed by atoms with Crippen molar-refractivity contribution in [3.63, 3.8) is 0 Å². The lowest BCUT2D eigenvalue weighted by molar-refractivity contribution is -0.138. The smallest absolute Gasteiger partial charge is 0.417 e. The Hall–Kier alpha value is -16.0. The largest absolute Gasteiger partial charge is 0.508 e. The number of hydrogen-bond donors (Lipinski definition) is 6. The Labute approximate surface area is 841 Å². The Balaban J connectivity index is 0.000000163. The fraction of sp³-hybridized carbons (Fsp3) is 0.190. The third-order valence-electron chi connectivity index (χ3n) is 23.8. The first-order chi connectivity index (χ1) is 69.1. The van der Waals surface area contributed by atoms with Crippen LogP contribution in [-0.2, 0) is 18.9 Å². The predicted octanol–water partition coefficient (Wildman–Crippen LogP) is 28.1. The highest BCUT2D eigenvalue weighted by Crippen LogP contribution is 2.42. The van der Waals surface area contributed by atoms with E-state index in [4.69, 9.17) is 9.47 Å². The van der Waals surface area contributed by atoms with Crippen molar-refractivity contribution < 1.29 is 98.8 Å². The summed E-state index contributed by atoms with van der Waals surface area (Å²) in [6.45, 7) is 16.1. The van der Waals surface area contributed by atoms with Crippen molar-refractivity contribution in [3.8, 4) is 46.0 Å². The van der Waals surface area contributed by atoms with E-state index in [0.717, 1.165) is 68.3 Å². The fourth-order valence-electron chi connectivity index (χ4n) is 16.0. The van der Waals surface area contributed by atoms with Gasteiger partial charge in [-0.15, -0.1) is 12.4 Å². The molecule has 19 nitrogen and oxygen atoms in total. The monoisotopic (exact) mass is 2000 g/mol. The minimum Gasteiger partial charge on any atom is -0.508 e. The highest BCUT2D eigenvalue weighted by molar-refractivity contribution is 6.14. The van der Waals surface area contributed by atoms with Gasteiger partial charge in [0.2, 0.25) is 0 Å². The molecule has 750 valence electrons. The zero-order valence-corrected chi connectivity index (χ0v) is 80.9. The van der Waals surface area contributed by atoms with Crippen LogP contribution < -0.4 is 34.0 Å². The van der Waals surface area contributed by atoms with E-state index >= 15 is 0 Å². The van der Waals surface area contributed by atoms with Crippen LogP contribution in [0.2, 0.25) is 0 Å². The van der Waals surface area contributed by atoms with E-state index in [0.29, 0.717) is 99.0 Å². The number of anilines is 10. The number of carbonyl (C=O) groups excluding carboxylic acids is 4. The summed E-state index contributed by atoms with van der Waals surface area (Å²) in [7, 11) is 0. The van der Waals surface area contributed by atoms with Gasteiger partial charge < -0.3 is 45.0 Å². The lowest BCUT2D eigenvalue weighted by Gasteiger charge is -2.26. The van der Waals surface area contributed by atoms with Crippen molar-refractivity contribution in [1.29, 1.82) is 0 Å². The zero-order valence-electron chi connectivity index (χ0n) is 80.1. The summed E-state index contributed by atoms with van der Waals surface area (Å²) >= 11 is 0. The van der Waals surface area contributed by atoms with Gasteiger partial charge in [-0.1, -0.05) is 96.3 Å². The molecule has 6 N–H and O–H groups in total. The second-order valence-electron chi connectivity index (χ2n) is 34.6. The summed E-state index contributed by atoms with van der Waals surface area (Å²) in [6.07, 6.45) is -2.04. The molecule has 15 aromatic rings. The number of para-hydroxylation sites is 1. The molecule has 0 radical (unpaired) electrons. The van der Waals surface area contributed by atoms with Crippen LogP contribution in [0.15, 0.2) is 346 Å². The second kappa shape index (κ2) is 50.6. The number of piperidine rings is 2. The summed E-state index contributed by atoms with van der Waals surface area (Å²) in [5.74, 6) is -1.88. The Bertz CT molecular complexity index is 6500. The van der Waals surface area contributed by atoms with Crippen LogP contribution in [0.3, 0.4) is 0 Å². The van der Waals surface area contributed by atoms with Gasteiger partial charge in [-0.25, -0.2) is 13.2 Å². The van der Waals surface area contributed by atoms with E-state index in [1.807, 2.05) is 30.3 Å². The van der Waals surface area contributed by atoms with E-state index in [1.54, 1.807) is 173 Å². The molecule has 2 aliphatic heterocycles. The van der Waals surface area contributed by atoms with E-state index in [9.17, 15) is 89.3 Å². The van der Waals surface area contributed by atoms with Crippen LogP contribution in [0.5, 0.6) is 46.0 Å². The van der Waals surface area contributed by atoms with Gasteiger partial charge >= 0.3 is 12.4 Å². The van der Waals surface area contributed by atoms with Crippen molar-refractivity contribution in [1.82, 2.24) is 9.80 Å². The van der Waals surface area contributed by atoms with Crippen molar-refractivity contribution in [2.75, 3.05) is 77.0 Å². The van der Waals surface area contributed by atoms with Gasteiger partial charge in [0.05, 0.1) is 22.3 Å². The molecule has 17 rings (SSSR count). The topological polar surface area (TPSA) is 231 Å². The summed E-state index contributed by atoms with van der Waals surface area (Å²) in [4.78, 5) is 65.2. The highest BCUT2D eigenvalue weighted by Gasteiger charge is 2.39. The molecule has 0 unspecified atom stereocenters. The van der Waals surface area contributed by atoms with Gasteiger partial charge in [0, 0.05) is 87.6 Å². The maximum absolute atomic E-state index is 13.9. The van der Waals surface area contributed by atoms with Crippen LogP contribution >= 0.6 is 12.4 Å². The number of carbonyl (C=O) groups is 4. The molecule has 2 aliphatic rings. The van der Waals surface area contributed by atoms with E-state index in [1.165, 1.54) is 197 Å². The SMILES string of the molecule is Cc1ccc(C(=O)N(c2ccc(O)cc2)c2ccc(O)cc2)cc1F.Cc1ccc(C(=O)N(c2ccc(O)cc2)c2ccc(OCCN3CCCCC3)cc2)c(C(F)(F)F)c1.Cc1ccc(C(=O)N(c2ccc(O)cc2)c2ccc(OCCN3CCCCC3)cc2)c(C(F)(F)F)c1.Cc1ccc(C(=O)N(c2ccccc2)c2ccc(O)cc2)cc1F.Cc1ccc(CN(c2ccc(O)cc2)c2ccc(F)cc2)cc1.Cl. The number of hydrogen-bond acceptors (Lipinski definition) is 15. The van der Waals surface area contributed by atoms with Gasteiger partial charge in [-0.2, -0.15) is 26.3 Å². The van der Waals surface area contributed by atoms with E-state index in [2.05, 4.69) is 45.9 Å². The minimum atomic E-state index is -4.69. The summed E-state index contributed by atoms with van der Waals surface area (Å²) in [5, 5.41) is 57.3.